The molecule has 2 aromatic rings. The highest BCUT2D eigenvalue weighted by atomic mass is 79.9. The van der Waals surface area contributed by atoms with E-state index in [1.54, 1.807) is 24.3 Å². The number of thiocarbonyl (C=S) groups is 1. The summed E-state index contributed by atoms with van der Waals surface area (Å²) < 4.78 is 13.9. The van der Waals surface area contributed by atoms with Gasteiger partial charge in [0.25, 0.3) is 0 Å². The first-order chi connectivity index (χ1) is 8.97. The zero-order valence-electron chi connectivity index (χ0n) is 9.58. The van der Waals surface area contributed by atoms with Gasteiger partial charge in [0.2, 0.25) is 0 Å². The van der Waals surface area contributed by atoms with Crippen LogP contribution in [-0.4, -0.2) is 4.99 Å². The molecule has 0 unspecified atom stereocenters. The van der Waals surface area contributed by atoms with Gasteiger partial charge in [-0.25, -0.2) is 4.39 Å². The Labute approximate surface area is 128 Å². The zero-order chi connectivity index (χ0) is 14.0. The monoisotopic (exact) mass is 358 g/mol. The quantitative estimate of drug-likeness (QED) is 0.785. The van der Waals surface area contributed by atoms with Crippen molar-refractivity contribution in [3.05, 3.63) is 57.3 Å². The molecule has 0 aliphatic heterocycles. The molecule has 0 aliphatic carbocycles. The van der Waals surface area contributed by atoms with Crippen molar-refractivity contribution in [2.45, 2.75) is 0 Å². The summed E-state index contributed by atoms with van der Waals surface area (Å²) in [6.45, 7) is 0. The van der Waals surface area contributed by atoms with E-state index in [4.69, 9.17) is 29.6 Å². The molecule has 2 nitrogen and oxygen atoms in total. The summed E-state index contributed by atoms with van der Waals surface area (Å²) in [5, 5.41) is 3.50. The van der Waals surface area contributed by atoms with Gasteiger partial charge in [0, 0.05) is 10.0 Å². The lowest BCUT2D eigenvalue weighted by Crippen LogP contribution is -2.09. The fourth-order valence-corrected chi connectivity index (χ4v) is 2.21. The van der Waals surface area contributed by atoms with E-state index in [1.807, 2.05) is 0 Å². The van der Waals surface area contributed by atoms with Crippen LogP contribution in [0.3, 0.4) is 0 Å². The smallest absolute Gasteiger partial charge is 0.125 e. The molecule has 0 aromatic heterocycles. The van der Waals surface area contributed by atoms with Crippen LogP contribution in [0.2, 0.25) is 5.02 Å². The molecule has 2 rings (SSSR count). The maximum atomic E-state index is 13.2. The summed E-state index contributed by atoms with van der Waals surface area (Å²) in [6, 6.07) is 9.53. The minimum atomic E-state index is -0.332. The summed E-state index contributed by atoms with van der Waals surface area (Å²) in [5.74, 6) is -0.332. The Morgan fingerprint density at radius 2 is 1.95 bits per heavy atom. The molecular weight excluding hydrogens is 351 g/mol. The number of rotatable bonds is 3. The van der Waals surface area contributed by atoms with Gasteiger partial charge in [-0.2, -0.15) is 0 Å². The summed E-state index contributed by atoms with van der Waals surface area (Å²) >= 11 is 14.3. The van der Waals surface area contributed by atoms with Crippen molar-refractivity contribution in [3.8, 4) is 0 Å². The van der Waals surface area contributed by atoms with Crippen LogP contribution >= 0.6 is 39.7 Å². The highest BCUT2D eigenvalue weighted by Crippen LogP contribution is 2.30. The minimum Gasteiger partial charge on any atom is -0.389 e. The third-order valence-electron chi connectivity index (χ3n) is 2.45. The van der Waals surface area contributed by atoms with Gasteiger partial charge < -0.3 is 11.1 Å². The van der Waals surface area contributed by atoms with Crippen LogP contribution in [0.4, 0.5) is 15.8 Å². The van der Waals surface area contributed by atoms with Crippen LogP contribution in [0, 0.1) is 5.82 Å². The molecule has 0 saturated heterocycles. The second kappa shape index (κ2) is 5.86. The number of anilines is 2. The van der Waals surface area contributed by atoms with Crippen molar-refractivity contribution in [1.82, 2.24) is 0 Å². The van der Waals surface area contributed by atoms with Crippen LogP contribution in [0.1, 0.15) is 5.56 Å². The molecule has 0 heterocycles. The average Bonchev–Trinajstić information content (AvgIpc) is 2.36. The molecule has 19 heavy (non-hydrogen) atoms. The summed E-state index contributed by atoms with van der Waals surface area (Å²) in [7, 11) is 0. The minimum absolute atomic E-state index is 0.278. The largest absolute Gasteiger partial charge is 0.389 e. The molecule has 0 spiro atoms. The van der Waals surface area contributed by atoms with Crippen LogP contribution < -0.4 is 11.1 Å². The Morgan fingerprint density at radius 3 is 2.58 bits per heavy atom. The Kier molecular flexibility index (Phi) is 4.39. The molecule has 98 valence electrons. The van der Waals surface area contributed by atoms with Gasteiger partial charge in [-0.15, -0.1) is 0 Å². The van der Waals surface area contributed by atoms with E-state index in [0.29, 0.717) is 22.0 Å². The van der Waals surface area contributed by atoms with E-state index < -0.39 is 0 Å². The fourth-order valence-electron chi connectivity index (χ4n) is 1.51. The molecule has 6 heteroatoms. The van der Waals surface area contributed by atoms with E-state index >= 15 is 0 Å². The summed E-state index contributed by atoms with van der Waals surface area (Å²) in [6.07, 6.45) is 0. The lowest BCUT2D eigenvalue weighted by atomic mass is 10.2. The molecule has 0 aliphatic rings. The maximum absolute atomic E-state index is 13.2. The third-order valence-corrected chi connectivity index (χ3v) is 3.69. The molecule has 0 amide bonds. The molecular formula is C13H9BrClFN2S. The second-order valence-corrected chi connectivity index (χ2v) is 5.51. The van der Waals surface area contributed by atoms with Crippen molar-refractivity contribution in [3.63, 3.8) is 0 Å². The number of nitrogens with two attached hydrogens (primary N) is 1. The predicted molar refractivity (Wildman–Crippen MR) is 84.7 cm³/mol. The number of nitrogens with one attached hydrogen (secondary N) is 1. The molecule has 0 saturated carbocycles. The summed E-state index contributed by atoms with van der Waals surface area (Å²) in [5.41, 5.74) is 7.44. The van der Waals surface area contributed by atoms with E-state index in [0.717, 1.165) is 4.47 Å². The average molecular weight is 360 g/mol. The van der Waals surface area contributed by atoms with Gasteiger partial charge >= 0.3 is 0 Å². The standard InChI is InChI=1S/C13H9BrClFN2S/c14-9-3-2-8(16)6-12(9)18-11-4-1-7(13(17)19)5-10(11)15/h1-6,18H,(H2,17,19). The van der Waals surface area contributed by atoms with Gasteiger partial charge in [-0.05, 0) is 52.3 Å². The topological polar surface area (TPSA) is 38.0 Å². The molecule has 0 bridgehead atoms. The summed E-state index contributed by atoms with van der Waals surface area (Å²) in [4.78, 5) is 0.278. The Morgan fingerprint density at radius 1 is 1.21 bits per heavy atom. The van der Waals surface area contributed by atoms with Crippen molar-refractivity contribution in [2.24, 2.45) is 5.73 Å². The van der Waals surface area contributed by atoms with Crippen molar-refractivity contribution in [2.75, 3.05) is 5.32 Å². The van der Waals surface area contributed by atoms with Crippen LogP contribution in [0.25, 0.3) is 0 Å². The Hall–Kier alpha value is -1.17. The maximum Gasteiger partial charge on any atom is 0.125 e. The number of hydrogen-bond acceptors (Lipinski definition) is 2. The van der Waals surface area contributed by atoms with Crippen molar-refractivity contribution in [1.29, 1.82) is 0 Å². The highest BCUT2D eigenvalue weighted by Gasteiger charge is 2.07. The first-order valence-electron chi connectivity index (χ1n) is 5.29. The lowest BCUT2D eigenvalue weighted by Gasteiger charge is -2.11. The molecule has 0 radical (unpaired) electrons. The SMILES string of the molecule is NC(=S)c1ccc(Nc2cc(F)ccc2Br)c(Cl)c1. The second-order valence-electron chi connectivity index (χ2n) is 3.81. The Balaban J connectivity index is 2.33. The molecule has 2 aromatic carbocycles. The van der Waals surface area contributed by atoms with Gasteiger partial charge in [-0.1, -0.05) is 23.8 Å². The lowest BCUT2D eigenvalue weighted by molar-refractivity contribution is 0.628. The van der Waals surface area contributed by atoms with E-state index in [2.05, 4.69) is 21.2 Å². The van der Waals surface area contributed by atoms with Gasteiger partial charge in [0.15, 0.2) is 0 Å². The van der Waals surface area contributed by atoms with Crippen molar-refractivity contribution >= 4 is 56.1 Å². The highest BCUT2D eigenvalue weighted by molar-refractivity contribution is 9.10. The van der Waals surface area contributed by atoms with Crippen LogP contribution in [0.15, 0.2) is 40.9 Å². The number of halogens is 3. The fraction of sp³-hybridized carbons (Fsp3) is 0. The third kappa shape index (κ3) is 3.43. The Bertz CT molecular complexity index is 649. The molecule has 0 fully saturated rings. The van der Waals surface area contributed by atoms with Gasteiger partial charge in [0.05, 0.1) is 16.4 Å². The first kappa shape index (κ1) is 14.2. The first-order valence-corrected chi connectivity index (χ1v) is 6.87. The molecule has 3 N–H and O–H groups in total. The van der Waals surface area contributed by atoms with Crippen molar-refractivity contribution < 1.29 is 4.39 Å². The van der Waals surface area contributed by atoms with E-state index in [-0.39, 0.29) is 10.8 Å². The van der Waals surface area contributed by atoms with Gasteiger partial charge in [-0.3, -0.25) is 0 Å². The normalized spacial score (nSPS) is 10.3. The van der Waals surface area contributed by atoms with Crippen LogP contribution in [-0.2, 0) is 0 Å². The van der Waals surface area contributed by atoms with E-state index in [9.17, 15) is 4.39 Å². The van der Waals surface area contributed by atoms with Crippen LogP contribution in [0.5, 0.6) is 0 Å². The van der Waals surface area contributed by atoms with Gasteiger partial charge in [0.1, 0.15) is 10.8 Å². The zero-order valence-corrected chi connectivity index (χ0v) is 12.7. The predicted octanol–water partition coefficient (Wildman–Crippen LogP) is 4.62. The number of hydrogen-bond donors (Lipinski definition) is 2. The number of benzene rings is 2. The van der Waals surface area contributed by atoms with E-state index in [1.165, 1.54) is 12.1 Å². The molecule has 0 atom stereocenters.